The minimum absolute atomic E-state index is 0.291. The van der Waals surface area contributed by atoms with E-state index in [1.165, 1.54) is 6.92 Å². The highest BCUT2D eigenvalue weighted by molar-refractivity contribution is 5.99. The molecule has 0 bridgehead atoms. The van der Waals surface area contributed by atoms with Gasteiger partial charge in [0, 0.05) is 5.57 Å². The normalized spacial score (nSPS) is 15.5. The van der Waals surface area contributed by atoms with Gasteiger partial charge in [-0.15, -0.1) is 0 Å². The summed E-state index contributed by atoms with van der Waals surface area (Å²) in [6.07, 6.45) is 4.86. The van der Waals surface area contributed by atoms with Crippen molar-refractivity contribution in [2.75, 3.05) is 6.61 Å². The molecule has 0 aliphatic carbocycles. The largest absolute Gasteiger partial charge is 0.456 e. The fourth-order valence-corrected chi connectivity index (χ4v) is 1.19. The van der Waals surface area contributed by atoms with E-state index in [1.54, 1.807) is 25.2 Å². The molecule has 0 aliphatic rings. The maximum absolute atomic E-state index is 11.7. The molecule has 0 aromatic carbocycles. The van der Waals surface area contributed by atoms with E-state index < -0.39 is 18.1 Å². The van der Waals surface area contributed by atoms with Crippen molar-refractivity contribution >= 4 is 11.8 Å². The van der Waals surface area contributed by atoms with Crippen LogP contribution in [0.5, 0.6) is 0 Å². The van der Waals surface area contributed by atoms with Crippen molar-refractivity contribution in [2.45, 2.75) is 39.3 Å². The Bertz CT molecular complexity index is 345. The van der Waals surface area contributed by atoms with E-state index in [9.17, 15) is 9.59 Å². The Balaban J connectivity index is 4.41. The van der Waals surface area contributed by atoms with Gasteiger partial charge in [-0.1, -0.05) is 25.2 Å². The quantitative estimate of drug-likeness (QED) is 0.397. The van der Waals surface area contributed by atoms with Crippen molar-refractivity contribution in [3.63, 3.8) is 0 Å². The number of ether oxygens (including phenoxy) is 1. The van der Waals surface area contributed by atoms with Crippen LogP contribution in [0.4, 0.5) is 0 Å². The van der Waals surface area contributed by atoms with Gasteiger partial charge in [0.25, 0.3) is 0 Å². The highest BCUT2D eigenvalue weighted by Gasteiger charge is 2.21. The lowest BCUT2D eigenvalue weighted by molar-refractivity contribution is -0.150. The smallest absolute Gasteiger partial charge is 0.326 e. The summed E-state index contributed by atoms with van der Waals surface area (Å²) >= 11 is 0. The molecule has 0 amide bonds. The van der Waals surface area contributed by atoms with Crippen LogP contribution in [-0.2, 0) is 14.3 Å². The van der Waals surface area contributed by atoms with E-state index in [1.807, 2.05) is 6.92 Å². The third-order valence-electron chi connectivity index (χ3n) is 2.23. The summed E-state index contributed by atoms with van der Waals surface area (Å²) in [5, 5.41) is 9.10. The summed E-state index contributed by atoms with van der Waals surface area (Å²) in [5.74, 6) is -1.07. The second kappa shape index (κ2) is 8.60. The van der Waals surface area contributed by atoms with E-state index >= 15 is 0 Å². The molecule has 2 unspecified atom stereocenters. The van der Waals surface area contributed by atoms with Crippen LogP contribution < -0.4 is 5.73 Å². The number of aliphatic hydroxyl groups excluding tert-OH is 1. The maximum atomic E-state index is 11.7. The summed E-state index contributed by atoms with van der Waals surface area (Å²) in [7, 11) is 0. The number of esters is 1. The van der Waals surface area contributed by atoms with Crippen molar-refractivity contribution in [1.29, 1.82) is 0 Å². The molecule has 0 rings (SSSR count). The summed E-state index contributed by atoms with van der Waals surface area (Å²) in [6.45, 7) is 4.73. The molecule has 0 saturated carbocycles. The van der Waals surface area contributed by atoms with E-state index in [-0.39, 0.29) is 12.4 Å². The van der Waals surface area contributed by atoms with E-state index in [0.717, 1.165) is 0 Å². The van der Waals surface area contributed by atoms with Crippen LogP contribution in [0.15, 0.2) is 23.8 Å². The molecule has 0 radical (unpaired) electrons. The zero-order valence-electron chi connectivity index (χ0n) is 11.1. The number of nitrogens with two attached hydrogens (primary N) is 1. The molecule has 0 spiro atoms. The molecule has 0 fully saturated rings. The number of allylic oxidation sites excluding steroid dienone is 3. The Morgan fingerprint density at radius 2 is 2.06 bits per heavy atom. The fourth-order valence-electron chi connectivity index (χ4n) is 1.19. The first-order valence-corrected chi connectivity index (χ1v) is 5.90. The van der Waals surface area contributed by atoms with Crippen molar-refractivity contribution in [3.05, 3.63) is 23.8 Å². The number of Topliss-reactive ketones (excluding diaryl/α,β-unsaturated/α-hetero) is 1. The van der Waals surface area contributed by atoms with Gasteiger partial charge in [-0.25, -0.2) is 0 Å². The van der Waals surface area contributed by atoms with E-state index in [2.05, 4.69) is 0 Å². The number of hydrogen-bond acceptors (Lipinski definition) is 5. The average molecular weight is 255 g/mol. The molecule has 18 heavy (non-hydrogen) atoms. The molecule has 3 N–H and O–H groups in total. The first kappa shape index (κ1) is 16.5. The van der Waals surface area contributed by atoms with Gasteiger partial charge in [0.2, 0.25) is 0 Å². The molecule has 0 aromatic rings. The SMILES string of the molecule is C/C=C\C(=C/CC)C(=O)COC(=O)C(N)C(C)O. The number of carbonyl (C=O) groups excluding carboxylic acids is 2. The predicted molar refractivity (Wildman–Crippen MR) is 68.8 cm³/mol. The molecule has 0 aromatic heterocycles. The number of carbonyl (C=O) groups is 2. The third-order valence-corrected chi connectivity index (χ3v) is 2.23. The Kier molecular flexibility index (Phi) is 7.91. The van der Waals surface area contributed by atoms with Gasteiger partial charge in [0.15, 0.2) is 12.4 Å². The van der Waals surface area contributed by atoms with Crippen LogP contribution in [0.1, 0.15) is 27.2 Å². The number of aliphatic hydroxyl groups is 1. The Morgan fingerprint density at radius 1 is 1.44 bits per heavy atom. The fraction of sp³-hybridized carbons (Fsp3) is 0.538. The number of ketones is 1. The minimum Gasteiger partial charge on any atom is -0.456 e. The number of rotatable bonds is 7. The molecule has 102 valence electrons. The first-order valence-electron chi connectivity index (χ1n) is 5.90. The highest BCUT2D eigenvalue weighted by Crippen LogP contribution is 2.03. The van der Waals surface area contributed by atoms with Crippen LogP contribution in [0.3, 0.4) is 0 Å². The Hall–Kier alpha value is -1.46. The van der Waals surface area contributed by atoms with Crippen LogP contribution in [0, 0.1) is 0 Å². The van der Waals surface area contributed by atoms with Crippen molar-refractivity contribution < 1.29 is 19.4 Å². The Labute approximate surface area is 107 Å². The zero-order valence-corrected chi connectivity index (χ0v) is 11.1. The summed E-state index contributed by atoms with van der Waals surface area (Å²) in [4.78, 5) is 23.1. The lowest BCUT2D eigenvalue weighted by Crippen LogP contribution is -2.42. The minimum atomic E-state index is -1.13. The summed E-state index contributed by atoms with van der Waals surface area (Å²) in [5.41, 5.74) is 5.87. The second-order valence-electron chi connectivity index (χ2n) is 3.86. The topological polar surface area (TPSA) is 89.6 Å². The third kappa shape index (κ3) is 5.75. The monoisotopic (exact) mass is 255 g/mol. The van der Waals surface area contributed by atoms with Crippen LogP contribution in [-0.4, -0.2) is 35.6 Å². The Morgan fingerprint density at radius 3 is 2.50 bits per heavy atom. The van der Waals surface area contributed by atoms with Gasteiger partial charge in [-0.3, -0.25) is 9.59 Å². The van der Waals surface area contributed by atoms with Crippen LogP contribution >= 0.6 is 0 Å². The van der Waals surface area contributed by atoms with Gasteiger partial charge in [-0.2, -0.15) is 0 Å². The molecule has 2 atom stereocenters. The van der Waals surface area contributed by atoms with Gasteiger partial charge in [0.05, 0.1) is 6.10 Å². The molecule has 5 nitrogen and oxygen atoms in total. The van der Waals surface area contributed by atoms with E-state index in [0.29, 0.717) is 12.0 Å². The molecular formula is C13H21NO4. The lowest BCUT2D eigenvalue weighted by Gasteiger charge is -2.13. The average Bonchev–Trinajstić information content (AvgIpc) is 2.34. The van der Waals surface area contributed by atoms with Gasteiger partial charge in [-0.05, 0) is 20.3 Å². The lowest BCUT2D eigenvalue weighted by atomic mass is 10.1. The summed E-state index contributed by atoms with van der Waals surface area (Å²) < 4.78 is 4.75. The first-order chi connectivity index (χ1) is 8.43. The molecule has 5 heteroatoms. The molecule has 0 saturated heterocycles. The molecular weight excluding hydrogens is 234 g/mol. The van der Waals surface area contributed by atoms with Crippen molar-refractivity contribution in [2.24, 2.45) is 5.73 Å². The summed E-state index contributed by atoms with van der Waals surface area (Å²) in [6, 6.07) is -1.13. The van der Waals surface area contributed by atoms with Crippen molar-refractivity contribution in [3.8, 4) is 0 Å². The van der Waals surface area contributed by atoms with Crippen LogP contribution in [0.25, 0.3) is 0 Å². The zero-order chi connectivity index (χ0) is 14.1. The van der Waals surface area contributed by atoms with Crippen LogP contribution in [0.2, 0.25) is 0 Å². The van der Waals surface area contributed by atoms with E-state index in [4.69, 9.17) is 15.6 Å². The second-order valence-corrected chi connectivity index (χ2v) is 3.86. The standard InChI is InChI=1S/C13H21NO4/c1-4-6-10(7-5-2)11(16)8-18-13(17)12(14)9(3)15/h4,6-7,9,12,15H,5,8,14H2,1-3H3/b6-4-,10-7+. The van der Waals surface area contributed by atoms with Gasteiger partial charge < -0.3 is 15.6 Å². The maximum Gasteiger partial charge on any atom is 0.326 e. The molecule has 0 aliphatic heterocycles. The number of hydrogen-bond donors (Lipinski definition) is 2. The highest BCUT2D eigenvalue weighted by atomic mass is 16.5. The van der Waals surface area contributed by atoms with Gasteiger partial charge in [0.1, 0.15) is 6.04 Å². The van der Waals surface area contributed by atoms with Crippen molar-refractivity contribution in [1.82, 2.24) is 0 Å². The van der Waals surface area contributed by atoms with Gasteiger partial charge >= 0.3 is 5.97 Å². The molecule has 0 heterocycles. The predicted octanol–water partition coefficient (Wildman–Crippen LogP) is 0.719.